The summed E-state index contributed by atoms with van der Waals surface area (Å²) in [4.78, 5) is 11.2. The molecule has 90 valence electrons. The minimum absolute atomic E-state index is 0.0670. The largest absolute Gasteiger partial charge is 0.466 e. The first-order valence-corrected chi connectivity index (χ1v) is 5.95. The van der Waals surface area contributed by atoms with E-state index in [4.69, 9.17) is 9.47 Å². The van der Waals surface area contributed by atoms with Gasteiger partial charge in [-0.05, 0) is 19.3 Å². The molecule has 0 rings (SSSR count). The Morgan fingerprint density at radius 3 is 2.40 bits per heavy atom. The second-order valence-corrected chi connectivity index (χ2v) is 3.73. The maximum Gasteiger partial charge on any atom is 0.305 e. The highest BCUT2D eigenvalue weighted by atomic mass is 16.5. The van der Waals surface area contributed by atoms with Crippen LogP contribution in [0, 0.1) is 0 Å². The van der Waals surface area contributed by atoms with E-state index < -0.39 is 0 Å². The topological polar surface area (TPSA) is 35.5 Å². The van der Waals surface area contributed by atoms with E-state index in [1.807, 2.05) is 0 Å². The summed E-state index contributed by atoms with van der Waals surface area (Å²) >= 11 is 0. The van der Waals surface area contributed by atoms with Gasteiger partial charge in [0.1, 0.15) is 0 Å². The highest BCUT2D eigenvalue weighted by Crippen LogP contribution is 2.01. The van der Waals surface area contributed by atoms with Crippen LogP contribution in [0.2, 0.25) is 0 Å². The van der Waals surface area contributed by atoms with Crippen LogP contribution in [0.25, 0.3) is 0 Å². The Kier molecular flexibility index (Phi) is 11.1. The van der Waals surface area contributed by atoms with Crippen molar-refractivity contribution in [3.63, 3.8) is 0 Å². The third-order valence-corrected chi connectivity index (χ3v) is 2.24. The van der Waals surface area contributed by atoms with Crippen LogP contribution in [0.15, 0.2) is 0 Å². The molecule has 0 saturated heterocycles. The quantitative estimate of drug-likeness (QED) is 0.416. The number of rotatable bonds is 10. The zero-order valence-corrected chi connectivity index (χ0v) is 10.1. The monoisotopic (exact) mass is 216 g/mol. The smallest absolute Gasteiger partial charge is 0.305 e. The molecule has 0 atom stereocenters. The Labute approximate surface area is 93.1 Å². The maximum atomic E-state index is 11.2. The molecule has 0 heterocycles. The van der Waals surface area contributed by atoms with Crippen LogP contribution in [0.1, 0.15) is 51.9 Å². The first kappa shape index (κ1) is 14.4. The second-order valence-electron chi connectivity index (χ2n) is 3.73. The summed E-state index contributed by atoms with van der Waals surface area (Å²) in [6.07, 6.45) is 6.92. The average Bonchev–Trinajstić information content (AvgIpc) is 2.24. The standard InChI is InChI=1S/C12H24O3/c1-3-4-5-7-11-15-12(13)9-6-8-10-14-2/h3-11H2,1-2H3. The van der Waals surface area contributed by atoms with Crippen molar-refractivity contribution in [1.29, 1.82) is 0 Å². The highest BCUT2D eigenvalue weighted by Gasteiger charge is 2.01. The molecule has 0 unspecified atom stereocenters. The van der Waals surface area contributed by atoms with Gasteiger partial charge in [-0.15, -0.1) is 0 Å². The Bertz CT molecular complexity index is 146. The number of esters is 1. The van der Waals surface area contributed by atoms with Crippen LogP contribution in [0.4, 0.5) is 0 Å². The summed E-state index contributed by atoms with van der Waals surface area (Å²) in [6.45, 7) is 3.48. The first-order valence-electron chi connectivity index (χ1n) is 5.95. The van der Waals surface area contributed by atoms with Crippen molar-refractivity contribution in [2.24, 2.45) is 0 Å². The van der Waals surface area contributed by atoms with Gasteiger partial charge in [0.05, 0.1) is 6.61 Å². The molecule has 0 bridgehead atoms. The fourth-order valence-electron chi connectivity index (χ4n) is 1.30. The summed E-state index contributed by atoms with van der Waals surface area (Å²) in [5, 5.41) is 0. The predicted octanol–water partition coefficient (Wildman–Crippen LogP) is 2.93. The van der Waals surface area contributed by atoms with E-state index >= 15 is 0 Å². The minimum Gasteiger partial charge on any atom is -0.466 e. The van der Waals surface area contributed by atoms with Gasteiger partial charge in [-0.3, -0.25) is 4.79 Å². The molecule has 15 heavy (non-hydrogen) atoms. The third kappa shape index (κ3) is 11.4. The van der Waals surface area contributed by atoms with Crippen molar-refractivity contribution >= 4 is 5.97 Å². The van der Waals surface area contributed by atoms with Gasteiger partial charge in [0, 0.05) is 20.1 Å². The lowest BCUT2D eigenvalue weighted by Gasteiger charge is -2.04. The summed E-state index contributed by atoms with van der Waals surface area (Å²) < 4.78 is 9.99. The van der Waals surface area contributed by atoms with Crippen molar-refractivity contribution in [2.75, 3.05) is 20.3 Å². The number of hydrogen-bond donors (Lipinski definition) is 0. The van der Waals surface area contributed by atoms with E-state index in [0.29, 0.717) is 13.0 Å². The minimum atomic E-state index is -0.0670. The second kappa shape index (κ2) is 11.5. The van der Waals surface area contributed by atoms with E-state index in [1.54, 1.807) is 7.11 Å². The number of unbranched alkanes of at least 4 members (excludes halogenated alkanes) is 4. The van der Waals surface area contributed by atoms with Gasteiger partial charge in [0.25, 0.3) is 0 Å². The molecule has 0 aliphatic heterocycles. The van der Waals surface area contributed by atoms with Crippen molar-refractivity contribution in [3.05, 3.63) is 0 Å². The molecule has 0 fully saturated rings. The number of hydrogen-bond acceptors (Lipinski definition) is 3. The van der Waals surface area contributed by atoms with Crippen LogP contribution in [0.5, 0.6) is 0 Å². The SMILES string of the molecule is CCCCCCOC(=O)CCCCOC. The molecule has 0 spiro atoms. The van der Waals surface area contributed by atoms with Gasteiger partial charge in [-0.25, -0.2) is 0 Å². The lowest BCUT2D eigenvalue weighted by Crippen LogP contribution is -2.06. The van der Waals surface area contributed by atoms with Crippen LogP contribution in [-0.2, 0) is 14.3 Å². The van der Waals surface area contributed by atoms with Gasteiger partial charge < -0.3 is 9.47 Å². The van der Waals surface area contributed by atoms with Gasteiger partial charge >= 0.3 is 5.97 Å². The van der Waals surface area contributed by atoms with Crippen LogP contribution < -0.4 is 0 Å². The van der Waals surface area contributed by atoms with E-state index in [0.717, 1.165) is 32.3 Å². The maximum absolute atomic E-state index is 11.2. The summed E-state index contributed by atoms with van der Waals surface area (Å²) in [7, 11) is 1.67. The zero-order valence-electron chi connectivity index (χ0n) is 10.1. The van der Waals surface area contributed by atoms with Crippen molar-refractivity contribution < 1.29 is 14.3 Å². The number of carbonyl (C=O) groups excluding carboxylic acids is 1. The van der Waals surface area contributed by atoms with E-state index in [9.17, 15) is 4.79 Å². The molecule has 0 aliphatic rings. The molecule has 0 N–H and O–H groups in total. The Morgan fingerprint density at radius 1 is 1.00 bits per heavy atom. The van der Waals surface area contributed by atoms with Gasteiger partial charge in [0.15, 0.2) is 0 Å². The number of ether oxygens (including phenoxy) is 2. The molecule has 3 heteroatoms. The third-order valence-electron chi connectivity index (χ3n) is 2.24. The van der Waals surface area contributed by atoms with Crippen LogP contribution in [0.3, 0.4) is 0 Å². The van der Waals surface area contributed by atoms with Crippen LogP contribution >= 0.6 is 0 Å². The average molecular weight is 216 g/mol. The Morgan fingerprint density at radius 2 is 1.73 bits per heavy atom. The predicted molar refractivity (Wildman–Crippen MR) is 60.8 cm³/mol. The molecule has 0 saturated carbocycles. The molecule has 0 aromatic rings. The molecule has 0 radical (unpaired) electrons. The molecule has 3 nitrogen and oxygen atoms in total. The summed E-state index contributed by atoms with van der Waals surface area (Å²) in [6, 6.07) is 0. The summed E-state index contributed by atoms with van der Waals surface area (Å²) in [5.74, 6) is -0.0670. The molecule has 0 aliphatic carbocycles. The van der Waals surface area contributed by atoms with Crippen molar-refractivity contribution in [2.45, 2.75) is 51.9 Å². The van der Waals surface area contributed by atoms with E-state index in [2.05, 4.69) is 6.92 Å². The molecule has 0 aromatic heterocycles. The summed E-state index contributed by atoms with van der Waals surface area (Å²) in [5.41, 5.74) is 0. The van der Waals surface area contributed by atoms with Crippen LogP contribution in [-0.4, -0.2) is 26.3 Å². The number of carbonyl (C=O) groups is 1. The Hall–Kier alpha value is -0.570. The fraction of sp³-hybridized carbons (Fsp3) is 0.917. The zero-order chi connectivity index (χ0) is 11.4. The fourth-order valence-corrected chi connectivity index (χ4v) is 1.30. The lowest BCUT2D eigenvalue weighted by molar-refractivity contribution is -0.143. The van der Waals surface area contributed by atoms with Gasteiger partial charge in [-0.1, -0.05) is 26.2 Å². The molecular formula is C12H24O3. The normalized spacial score (nSPS) is 10.3. The molecule has 0 amide bonds. The van der Waals surface area contributed by atoms with E-state index in [1.165, 1.54) is 12.8 Å². The first-order chi connectivity index (χ1) is 7.31. The molecular weight excluding hydrogens is 192 g/mol. The van der Waals surface area contributed by atoms with Crippen molar-refractivity contribution in [1.82, 2.24) is 0 Å². The lowest BCUT2D eigenvalue weighted by atomic mass is 10.2. The van der Waals surface area contributed by atoms with Gasteiger partial charge in [-0.2, -0.15) is 0 Å². The van der Waals surface area contributed by atoms with E-state index in [-0.39, 0.29) is 5.97 Å². The Balaban J connectivity index is 3.11. The van der Waals surface area contributed by atoms with Crippen molar-refractivity contribution in [3.8, 4) is 0 Å². The van der Waals surface area contributed by atoms with Gasteiger partial charge in [0.2, 0.25) is 0 Å². The highest BCUT2D eigenvalue weighted by molar-refractivity contribution is 5.69. The molecule has 0 aromatic carbocycles. The number of methoxy groups -OCH3 is 1.